The molecule has 0 amide bonds. The van der Waals surface area contributed by atoms with Crippen molar-refractivity contribution in [1.29, 1.82) is 5.26 Å². The standard InChI is InChI=1S/C14H20N2/c1-10(2)9-16-14(8-15)13-6-5-11(3)7-12(13)4/h5-7,10,14,16H,9H2,1-4H3. The van der Waals surface area contributed by atoms with Crippen molar-refractivity contribution in [2.24, 2.45) is 5.92 Å². The second-order valence-electron chi connectivity index (χ2n) is 4.72. The molecule has 1 aromatic carbocycles. The van der Waals surface area contributed by atoms with Crippen molar-refractivity contribution in [3.05, 3.63) is 34.9 Å². The van der Waals surface area contributed by atoms with Crippen LogP contribution in [0.1, 0.15) is 36.6 Å². The monoisotopic (exact) mass is 216 g/mol. The Morgan fingerprint density at radius 1 is 1.31 bits per heavy atom. The fraction of sp³-hybridized carbons (Fsp3) is 0.500. The number of nitriles is 1. The van der Waals surface area contributed by atoms with Crippen LogP contribution in [0.3, 0.4) is 0 Å². The predicted molar refractivity (Wildman–Crippen MR) is 67.1 cm³/mol. The summed E-state index contributed by atoms with van der Waals surface area (Å²) in [6, 6.07) is 8.36. The fourth-order valence-electron chi connectivity index (χ4n) is 1.73. The van der Waals surface area contributed by atoms with Crippen LogP contribution in [0.4, 0.5) is 0 Å². The molecule has 0 saturated carbocycles. The molecule has 2 nitrogen and oxygen atoms in total. The van der Waals surface area contributed by atoms with Crippen molar-refractivity contribution in [1.82, 2.24) is 5.32 Å². The lowest BCUT2D eigenvalue weighted by atomic mass is 9.99. The van der Waals surface area contributed by atoms with Gasteiger partial charge in [0.2, 0.25) is 0 Å². The molecule has 0 aliphatic rings. The Kier molecular flexibility index (Phi) is 4.52. The molecule has 16 heavy (non-hydrogen) atoms. The molecule has 0 aliphatic heterocycles. The number of nitrogens with one attached hydrogen (secondary N) is 1. The molecule has 0 aliphatic carbocycles. The van der Waals surface area contributed by atoms with Gasteiger partial charge < -0.3 is 0 Å². The highest BCUT2D eigenvalue weighted by atomic mass is 14.9. The third kappa shape index (κ3) is 3.36. The van der Waals surface area contributed by atoms with Crippen LogP contribution < -0.4 is 5.32 Å². The maximum Gasteiger partial charge on any atom is 0.121 e. The topological polar surface area (TPSA) is 35.8 Å². The first kappa shape index (κ1) is 12.7. The third-order valence-corrected chi connectivity index (χ3v) is 2.60. The normalized spacial score (nSPS) is 12.5. The second-order valence-corrected chi connectivity index (χ2v) is 4.72. The quantitative estimate of drug-likeness (QED) is 0.839. The zero-order valence-electron chi connectivity index (χ0n) is 10.5. The molecule has 0 fully saturated rings. The van der Waals surface area contributed by atoms with Crippen LogP contribution in [0.25, 0.3) is 0 Å². The van der Waals surface area contributed by atoms with Crippen LogP contribution in [0.15, 0.2) is 18.2 Å². The summed E-state index contributed by atoms with van der Waals surface area (Å²) in [5, 5.41) is 12.5. The van der Waals surface area contributed by atoms with Gasteiger partial charge >= 0.3 is 0 Å². The first-order chi connectivity index (χ1) is 7.54. The number of hydrogen-bond acceptors (Lipinski definition) is 2. The van der Waals surface area contributed by atoms with E-state index in [1.807, 2.05) is 6.07 Å². The molecule has 1 unspecified atom stereocenters. The molecular weight excluding hydrogens is 196 g/mol. The van der Waals surface area contributed by atoms with Crippen LogP contribution in [-0.4, -0.2) is 6.54 Å². The highest BCUT2D eigenvalue weighted by Crippen LogP contribution is 2.18. The average Bonchev–Trinajstić information content (AvgIpc) is 2.21. The minimum absolute atomic E-state index is 0.192. The number of aryl methyl sites for hydroxylation is 2. The second kappa shape index (κ2) is 5.67. The third-order valence-electron chi connectivity index (χ3n) is 2.60. The molecule has 0 aromatic heterocycles. The number of benzene rings is 1. The lowest BCUT2D eigenvalue weighted by Gasteiger charge is -2.16. The van der Waals surface area contributed by atoms with Crippen LogP contribution >= 0.6 is 0 Å². The number of rotatable bonds is 4. The van der Waals surface area contributed by atoms with Gasteiger partial charge in [0.15, 0.2) is 0 Å². The molecule has 0 radical (unpaired) electrons. The average molecular weight is 216 g/mol. The zero-order valence-corrected chi connectivity index (χ0v) is 10.5. The smallest absolute Gasteiger partial charge is 0.121 e. The predicted octanol–water partition coefficient (Wildman–Crippen LogP) is 3.11. The summed E-state index contributed by atoms with van der Waals surface area (Å²) < 4.78 is 0. The Morgan fingerprint density at radius 3 is 2.50 bits per heavy atom. The molecule has 1 rings (SSSR count). The lowest BCUT2D eigenvalue weighted by Crippen LogP contribution is -2.24. The van der Waals surface area contributed by atoms with E-state index in [0.29, 0.717) is 5.92 Å². The minimum Gasteiger partial charge on any atom is -0.298 e. The van der Waals surface area contributed by atoms with E-state index >= 15 is 0 Å². The highest BCUT2D eigenvalue weighted by molar-refractivity contribution is 5.35. The molecule has 1 N–H and O–H groups in total. The van der Waals surface area contributed by atoms with E-state index in [-0.39, 0.29) is 6.04 Å². The highest BCUT2D eigenvalue weighted by Gasteiger charge is 2.12. The molecule has 1 aromatic rings. The van der Waals surface area contributed by atoms with E-state index < -0.39 is 0 Å². The molecular formula is C14H20N2. The zero-order chi connectivity index (χ0) is 12.1. The first-order valence-electron chi connectivity index (χ1n) is 5.74. The summed E-state index contributed by atoms with van der Waals surface area (Å²) in [6.45, 7) is 9.28. The van der Waals surface area contributed by atoms with Crippen LogP contribution in [0.5, 0.6) is 0 Å². The Balaban J connectivity index is 2.84. The molecule has 86 valence electrons. The lowest BCUT2D eigenvalue weighted by molar-refractivity contribution is 0.524. The van der Waals surface area contributed by atoms with Gasteiger partial charge in [-0.25, -0.2) is 0 Å². The number of nitrogens with zero attached hydrogens (tertiary/aromatic N) is 1. The molecule has 2 heteroatoms. The SMILES string of the molecule is Cc1ccc(C(C#N)NCC(C)C)c(C)c1. The molecule has 1 atom stereocenters. The van der Waals surface area contributed by atoms with Gasteiger partial charge in [-0.05, 0) is 37.4 Å². The molecule has 0 heterocycles. The van der Waals surface area contributed by atoms with Crippen LogP contribution in [0, 0.1) is 31.1 Å². The van der Waals surface area contributed by atoms with E-state index in [1.165, 1.54) is 11.1 Å². The van der Waals surface area contributed by atoms with Crippen LogP contribution in [0.2, 0.25) is 0 Å². The van der Waals surface area contributed by atoms with Gasteiger partial charge in [0, 0.05) is 0 Å². The summed E-state index contributed by atoms with van der Waals surface area (Å²) in [5.74, 6) is 0.557. The first-order valence-corrected chi connectivity index (χ1v) is 5.74. The molecule has 0 bridgehead atoms. The van der Waals surface area contributed by atoms with Crippen molar-refractivity contribution in [2.75, 3.05) is 6.54 Å². The molecule has 0 spiro atoms. The van der Waals surface area contributed by atoms with Crippen LogP contribution in [-0.2, 0) is 0 Å². The van der Waals surface area contributed by atoms with Gasteiger partial charge in [-0.15, -0.1) is 0 Å². The van der Waals surface area contributed by atoms with E-state index in [2.05, 4.69) is 51.2 Å². The van der Waals surface area contributed by atoms with E-state index in [1.54, 1.807) is 0 Å². The summed E-state index contributed by atoms with van der Waals surface area (Å²) in [4.78, 5) is 0. The Morgan fingerprint density at radius 2 is 2.00 bits per heavy atom. The maximum absolute atomic E-state index is 9.17. The van der Waals surface area contributed by atoms with Gasteiger partial charge in [0.1, 0.15) is 6.04 Å². The van der Waals surface area contributed by atoms with Crippen molar-refractivity contribution in [3.63, 3.8) is 0 Å². The summed E-state index contributed by atoms with van der Waals surface area (Å²) >= 11 is 0. The summed E-state index contributed by atoms with van der Waals surface area (Å²) in [7, 11) is 0. The maximum atomic E-state index is 9.17. The van der Waals surface area contributed by atoms with Gasteiger partial charge in [0.25, 0.3) is 0 Å². The van der Waals surface area contributed by atoms with E-state index in [0.717, 1.165) is 12.1 Å². The molecule has 0 saturated heterocycles. The van der Waals surface area contributed by atoms with Crippen molar-refractivity contribution < 1.29 is 0 Å². The van der Waals surface area contributed by atoms with Gasteiger partial charge in [-0.2, -0.15) is 5.26 Å². The van der Waals surface area contributed by atoms with Crippen molar-refractivity contribution in [3.8, 4) is 6.07 Å². The summed E-state index contributed by atoms with van der Waals surface area (Å²) in [5.41, 5.74) is 3.51. The Bertz CT molecular complexity index is 388. The largest absolute Gasteiger partial charge is 0.298 e. The summed E-state index contributed by atoms with van der Waals surface area (Å²) in [6.07, 6.45) is 0. The Hall–Kier alpha value is -1.33. The van der Waals surface area contributed by atoms with Gasteiger partial charge in [-0.1, -0.05) is 37.6 Å². The van der Waals surface area contributed by atoms with Crippen molar-refractivity contribution >= 4 is 0 Å². The van der Waals surface area contributed by atoms with Gasteiger partial charge in [-0.3, -0.25) is 5.32 Å². The van der Waals surface area contributed by atoms with E-state index in [4.69, 9.17) is 0 Å². The van der Waals surface area contributed by atoms with Gasteiger partial charge in [0.05, 0.1) is 6.07 Å². The van der Waals surface area contributed by atoms with E-state index in [9.17, 15) is 5.26 Å². The fourth-order valence-corrected chi connectivity index (χ4v) is 1.73. The number of hydrogen-bond donors (Lipinski definition) is 1. The Labute approximate surface area is 98.3 Å². The minimum atomic E-state index is -0.192. The van der Waals surface area contributed by atoms with Crippen molar-refractivity contribution in [2.45, 2.75) is 33.7 Å².